The molecule has 0 fully saturated rings. The maximum Gasteiger partial charge on any atom is 0.0650 e. The van der Waals surface area contributed by atoms with E-state index < -0.39 is 5.60 Å². The number of aliphatic hydroxyl groups excluding tert-OH is 2. The van der Waals surface area contributed by atoms with Crippen molar-refractivity contribution >= 4 is 0 Å². The van der Waals surface area contributed by atoms with Gasteiger partial charge in [0.05, 0.1) is 5.60 Å². The molecule has 0 aromatic heterocycles. The van der Waals surface area contributed by atoms with Crippen LogP contribution in [0, 0.1) is 17.8 Å². The molecule has 356 valence electrons. The Morgan fingerprint density at radius 2 is 0.542 bits per heavy atom. The van der Waals surface area contributed by atoms with E-state index in [1.54, 1.807) is 0 Å². The lowest BCUT2D eigenvalue weighted by molar-refractivity contribution is -0.00733. The predicted molar refractivity (Wildman–Crippen MR) is 265 cm³/mol. The molecule has 0 aromatic carbocycles. The van der Waals surface area contributed by atoms with Gasteiger partial charge in [0, 0.05) is 13.2 Å². The van der Waals surface area contributed by atoms with Crippen LogP contribution in [-0.2, 0) is 0 Å². The molecule has 0 saturated heterocycles. The average Bonchev–Trinajstić information content (AvgIpc) is 3.23. The topological polar surface area (TPSA) is 60.7 Å². The quantitative estimate of drug-likeness (QED) is 0.0535. The Morgan fingerprint density at radius 1 is 0.288 bits per heavy atom. The molecule has 0 aliphatic heterocycles. The van der Waals surface area contributed by atoms with Gasteiger partial charge >= 0.3 is 0 Å². The van der Waals surface area contributed by atoms with Crippen molar-refractivity contribution < 1.29 is 15.3 Å². The summed E-state index contributed by atoms with van der Waals surface area (Å²) in [5.74, 6) is 2.28. The van der Waals surface area contributed by atoms with Crippen LogP contribution < -0.4 is 0 Å². The van der Waals surface area contributed by atoms with E-state index in [2.05, 4.69) is 27.7 Å². The maximum absolute atomic E-state index is 12.1. The van der Waals surface area contributed by atoms with Crippen LogP contribution in [0.25, 0.3) is 0 Å². The summed E-state index contributed by atoms with van der Waals surface area (Å²) >= 11 is 0. The van der Waals surface area contributed by atoms with Crippen LogP contribution >= 0.6 is 0 Å². The molecule has 0 amide bonds. The molecule has 3 heteroatoms. The standard InChI is InChI=1S/C56H114O3/c1-5-53(2)44-38-32-26-20-16-17-23-29-35-41-48-56(59,49-47-54(3)45-39-33-27-21-14-11-9-13-19-25-31-37-43-51-58)52-55(4)46-40-34-28-22-15-10-7-6-8-12-18-24-30-36-42-50-57/h53-55,57-59H,5-52H2,1-4H3. The van der Waals surface area contributed by atoms with Gasteiger partial charge in [-0.3, -0.25) is 0 Å². The summed E-state index contributed by atoms with van der Waals surface area (Å²) in [5.41, 5.74) is -0.456. The highest BCUT2D eigenvalue weighted by Gasteiger charge is 2.29. The number of unbranched alkanes of at least 4 members (excludes halogenated alkanes) is 35. The third-order valence-corrected chi connectivity index (χ3v) is 14.3. The Hall–Kier alpha value is -0.120. The number of aliphatic hydroxyl groups is 3. The van der Waals surface area contributed by atoms with Gasteiger partial charge in [0.25, 0.3) is 0 Å². The highest BCUT2D eigenvalue weighted by Crippen LogP contribution is 2.33. The van der Waals surface area contributed by atoms with Gasteiger partial charge in [-0.15, -0.1) is 0 Å². The van der Waals surface area contributed by atoms with Crippen molar-refractivity contribution in [1.82, 2.24) is 0 Å². The minimum absolute atomic E-state index is 0.359. The largest absolute Gasteiger partial charge is 0.396 e. The highest BCUT2D eigenvalue weighted by atomic mass is 16.3. The molecule has 0 rings (SSSR count). The lowest BCUT2D eigenvalue weighted by Crippen LogP contribution is -2.31. The number of rotatable bonds is 51. The molecule has 0 radical (unpaired) electrons. The van der Waals surface area contributed by atoms with E-state index in [4.69, 9.17) is 10.2 Å². The van der Waals surface area contributed by atoms with Gasteiger partial charge in [0.15, 0.2) is 0 Å². The van der Waals surface area contributed by atoms with Gasteiger partial charge in [0.2, 0.25) is 0 Å². The summed E-state index contributed by atoms with van der Waals surface area (Å²) in [6, 6.07) is 0. The summed E-state index contributed by atoms with van der Waals surface area (Å²) < 4.78 is 0. The summed E-state index contributed by atoms with van der Waals surface area (Å²) in [6.07, 6.45) is 61.1. The fourth-order valence-corrected chi connectivity index (χ4v) is 9.76. The molecule has 3 N–H and O–H groups in total. The third kappa shape index (κ3) is 45.7. The Balaban J connectivity index is 4.31. The summed E-state index contributed by atoms with van der Waals surface area (Å²) in [7, 11) is 0. The van der Waals surface area contributed by atoms with Crippen molar-refractivity contribution in [3.63, 3.8) is 0 Å². The number of hydrogen-bond donors (Lipinski definition) is 3. The second kappa shape index (κ2) is 47.4. The molecule has 0 aromatic rings. The molecule has 0 aliphatic rings. The van der Waals surface area contributed by atoms with Crippen molar-refractivity contribution in [1.29, 1.82) is 0 Å². The van der Waals surface area contributed by atoms with E-state index >= 15 is 0 Å². The molecule has 0 aliphatic carbocycles. The summed E-state index contributed by atoms with van der Waals surface area (Å²) in [4.78, 5) is 0. The fraction of sp³-hybridized carbons (Fsp3) is 1.00. The van der Waals surface area contributed by atoms with Crippen LogP contribution in [0.5, 0.6) is 0 Å². The van der Waals surface area contributed by atoms with E-state index in [1.165, 1.54) is 263 Å². The van der Waals surface area contributed by atoms with Crippen molar-refractivity contribution in [2.24, 2.45) is 17.8 Å². The molecule has 4 unspecified atom stereocenters. The van der Waals surface area contributed by atoms with Crippen molar-refractivity contribution in [2.45, 2.75) is 329 Å². The molecule has 0 saturated carbocycles. The first-order valence-electron chi connectivity index (χ1n) is 27.8. The molecule has 0 heterocycles. The van der Waals surface area contributed by atoms with E-state index in [0.29, 0.717) is 19.1 Å². The first-order valence-corrected chi connectivity index (χ1v) is 27.8. The van der Waals surface area contributed by atoms with Gasteiger partial charge in [-0.25, -0.2) is 0 Å². The zero-order valence-electron chi connectivity index (χ0n) is 41.5. The fourth-order valence-electron chi connectivity index (χ4n) is 9.76. The van der Waals surface area contributed by atoms with Crippen LogP contribution in [0.15, 0.2) is 0 Å². The predicted octanol–water partition coefficient (Wildman–Crippen LogP) is 18.6. The van der Waals surface area contributed by atoms with Gasteiger partial charge in [-0.05, 0) is 56.3 Å². The minimum atomic E-state index is -0.456. The second-order valence-electron chi connectivity index (χ2n) is 20.7. The molecule has 0 spiro atoms. The van der Waals surface area contributed by atoms with Gasteiger partial charge < -0.3 is 15.3 Å². The Labute approximate surface area is 373 Å². The van der Waals surface area contributed by atoms with E-state index in [1.807, 2.05) is 0 Å². The molecule has 3 nitrogen and oxygen atoms in total. The van der Waals surface area contributed by atoms with Gasteiger partial charge in [-0.1, -0.05) is 285 Å². The van der Waals surface area contributed by atoms with Crippen LogP contribution in [0.4, 0.5) is 0 Å². The van der Waals surface area contributed by atoms with Gasteiger partial charge in [0.1, 0.15) is 0 Å². The van der Waals surface area contributed by atoms with E-state index in [0.717, 1.165) is 43.9 Å². The van der Waals surface area contributed by atoms with Crippen LogP contribution in [-0.4, -0.2) is 34.1 Å². The van der Waals surface area contributed by atoms with E-state index in [9.17, 15) is 5.11 Å². The zero-order chi connectivity index (χ0) is 43.2. The second-order valence-corrected chi connectivity index (χ2v) is 20.7. The first kappa shape index (κ1) is 58.9. The molecule has 0 bridgehead atoms. The Kier molecular flexibility index (Phi) is 47.3. The normalized spacial score (nSPS) is 14.5. The van der Waals surface area contributed by atoms with Crippen LogP contribution in [0.3, 0.4) is 0 Å². The lowest BCUT2D eigenvalue weighted by atomic mass is 9.79. The minimum Gasteiger partial charge on any atom is -0.396 e. The smallest absolute Gasteiger partial charge is 0.0650 e. The Bertz CT molecular complexity index is 770. The molecule has 59 heavy (non-hydrogen) atoms. The number of hydrogen-bond acceptors (Lipinski definition) is 3. The van der Waals surface area contributed by atoms with Crippen molar-refractivity contribution in [3.05, 3.63) is 0 Å². The summed E-state index contributed by atoms with van der Waals surface area (Å²) in [5, 5.41) is 29.9. The first-order chi connectivity index (χ1) is 28.9. The zero-order valence-corrected chi connectivity index (χ0v) is 41.5. The SMILES string of the molecule is CCC(C)CCCCCCCCCCCCC(O)(CCC(C)CCCCCCCCCCCCCCCO)CC(C)CCCCCCCCCCCCCCCCCO. The molecular formula is C56H114O3. The lowest BCUT2D eigenvalue weighted by Gasteiger charge is -2.32. The van der Waals surface area contributed by atoms with Crippen LogP contribution in [0.1, 0.15) is 323 Å². The third-order valence-electron chi connectivity index (χ3n) is 14.3. The highest BCUT2D eigenvalue weighted by molar-refractivity contribution is 4.82. The molecular weight excluding hydrogens is 721 g/mol. The Morgan fingerprint density at radius 3 is 0.847 bits per heavy atom. The van der Waals surface area contributed by atoms with Crippen LogP contribution in [0.2, 0.25) is 0 Å². The molecule has 4 atom stereocenters. The maximum atomic E-state index is 12.1. The average molecular weight is 836 g/mol. The van der Waals surface area contributed by atoms with E-state index in [-0.39, 0.29) is 0 Å². The van der Waals surface area contributed by atoms with Crippen molar-refractivity contribution in [2.75, 3.05) is 13.2 Å². The van der Waals surface area contributed by atoms with Gasteiger partial charge in [-0.2, -0.15) is 0 Å². The monoisotopic (exact) mass is 835 g/mol. The summed E-state index contributed by atoms with van der Waals surface area (Å²) in [6.45, 7) is 10.3. The van der Waals surface area contributed by atoms with Crippen molar-refractivity contribution in [3.8, 4) is 0 Å².